The zero-order valence-corrected chi connectivity index (χ0v) is 25.4. The molecule has 40 heavy (non-hydrogen) atoms. The highest BCUT2D eigenvalue weighted by atomic mass is 79.9. The Bertz CT molecular complexity index is 1730. The van der Waals surface area contributed by atoms with Crippen LogP contribution in [-0.4, -0.2) is 25.7 Å². The van der Waals surface area contributed by atoms with Crippen molar-refractivity contribution in [2.24, 2.45) is 0 Å². The maximum absolute atomic E-state index is 14.2. The Morgan fingerprint density at radius 2 is 1.25 bits per heavy atom. The van der Waals surface area contributed by atoms with Crippen LogP contribution in [0.2, 0.25) is 10.0 Å². The van der Waals surface area contributed by atoms with Gasteiger partial charge < -0.3 is 4.74 Å². The van der Waals surface area contributed by atoms with E-state index in [1.165, 1.54) is 9.36 Å². The molecule has 2 aromatic heterocycles. The molecule has 206 valence electrons. The van der Waals surface area contributed by atoms with Gasteiger partial charge in [-0.3, -0.25) is 19.8 Å². The largest absolute Gasteiger partial charge is 0.491 e. The number of rotatable bonds is 7. The molecule has 0 unspecified atom stereocenters. The maximum Gasteiger partial charge on any atom is 0.275 e. The Kier molecular flexibility index (Phi) is 7.86. The predicted octanol–water partition coefficient (Wildman–Crippen LogP) is 7.30. The lowest BCUT2D eigenvalue weighted by molar-refractivity contribution is 0.239. The van der Waals surface area contributed by atoms with Crippen molar-refractivity contribution in [3.63, 3.8) is 0 Å². The summed E-state index contributed by atoms with van der Waals surface area (Å²) in [7, 11) is 0. The number of aryl methyl sites for hydroxylation is 2. The molecule has 0 radical (unpaired) electrons. The van der Waals surface area contributed by atoms with Gasteiger partial charge >= 0.3 is 0 Å². The molecule has 0 saturated carbocycles. The molecule has 0 bridgehead atoms. The maximum atomic E-state index is 14.2. The summed E-state index contributed by atoms with van der Waals surface area (Å²) in [5.74, 6) is -0.219. The van der Waals surface area contributed by atoms with Crippen molar-refractivity contribution >= 4 is 39.1 Å². The first kappa shape index (κ1) is 28.1. The molecule has 0 atom stereocenters. The van der Waals surface area contributed by atoms with Crippen LogP contribution in [0.4, 0.5) is 0 Å². The van der Waals surface area contributed by atoms with E-state index < -0.39 is 5.92 Å². The van der Waals surface area contributed by atoms with Gasteiger partial charge in [0.1, 0.15) is 5.75 Å². The lowest BCUT2D eigenvalue weighted by Gasteiger charge is -2.21. The average Bonchev–Trinajstić information content (AvgIpc) is 3.36. The molecule has 0 aliphatic carbocycles. The molecule has 2 heterocycles. The Morgan fingerprint density at radius 1 is 0.775 bits per heavy atom. The van der Waals surface area contributed by atoms with Gasteiger partial charge in [0, 0.05) is 21.4 Å². The molecular formula is C30H27BrCl2N4O3. The highest BCUT2D eigenvalue weighted by Gasteiger charge is 2.33. The Balaban J connectivity index is 1.84. The van der Waals surface area contributed by atoms with Gasteiger partial charge in [0.25, 0.3) is 11.1 Å². The highest BCUT2D eigenvalue weighted by molar-refractivity contribution is 9.10. The number of ether oxygens (including phenoxy) is 1. The van der Waals surface area contributed by atoms with Crippen LogP contribution in [0.5, 0.6) is 5.75 Å². The molecule has 0 fully saturated rings. The number of benzene rings is 3. The summed E-state index contributed by atoms with van der Waals surface area (Å²) in [5.41, 5.74) is 3.02. The average molecular weight is 642 g/mol. The van der Waals surface area contributed by atoms with Gasteiger partial charge in [-0.25, -0.2) is 9.36 Å². The van der Waals surface area contributed by atoms with E-state index in [0.717, 1.165) is 4.47 Å². The summed E-state index contributed by atoms with van der Waals surface area (Å²) in [6, 6.07) is 19.8. The normalized spacial score (nSPS) is 11.5. The smallest absolute Gasteiger partial charge is 0.275 e. The minimum Gasteiger partial charge on any atom is -0.491 e. The summed E-state index contributed by atoms with van der Waals surface area (Å²) in [6.07, 6.45) is -0.139. The first-order chi connectivity index (χ1) is 19.1. The topological polar surface area (TPSA) is 84.8 Å². The molecule has 0 spiro atoms. The van der Waals surface area contributed by atoms with Crippen LogP contribution in [0.1, 0.15) is 47.8 Å². The van der Waals surface area contributed by atoms with Crippen molar-refractivity contribution in [3.05, 3.63) is 130 Å². The molecular weight excluding hydrogens is 615 g/mol. The summed E-state index contributed by atoms with van der Waals surface area (Å²) >= 11 is 16.5. The monoisotopic (exact) mass is 640 g/mol. The molecule has 10 heteroatoms. The molecule has 7 nitrogen and oxygen atoms in total. The number of hydrogen-bond acceptors (Lipinski definition) is 3. The van der Waals surface area contributed by atoms with Crippen LogP contribution in [0.15, 0.2) is 80.8 Å². The van der Waals surface area contributed by atoms with E-state index in [-0.39, 0.29) is 17.2 Å². The second-order valence-corrected chi connectivity index (χ2v) is 11.5. The van der Waals surface area contributed by atoms with Crippen LogP contribution in [0, 0.1) is 13.8 Å². The van der Waals surface area contributed by atoms with Crippen LogP contribution in [0.3, 0.4) is 0 Å². The molecule has 5 aromatic rings. The Labute approximate surface area is 249 Å². The van der Waals surface area contributed by atoms with Gasteiger partial charge in [-0.2, -0.15) is 0 Å². The van der Waals surface area contributed by atoms with Crippen molar-refractivity contribution < 1.29 is 4.74 Å². The molecule has 0 amide bonds. The lowest BCUT2D eigenvalue weighted by Crippen LogP contribution is -2.26. The molecule has 2 N–H and O–H groups in total. The fourth-order valence-corrected chi connectivity index (χ4v) is 5.79. The number of H-pyrrole nitrogens is 2. The fourth-order valence-electron chi connectivity index (χ4n) is 4.97. The number of para-hydroxylation sites is 2. The van der Waals surface area contributed by atoms with E-state index >= 15 is 0 Å². The SMILES string of the molecule is Cc1[nH]n(-c2ccccc2Cl)c(=O)c1C(c1cc(Br)ccc1OC(C)C)c1c(C)[nH]n(-c2ccccc2Cl)c1=O. The van der Waals surface area contributed by atoms with Gasteiger partial charge in [0.2, 0.25) is 0 Å². The molecule has 3 aromatic carbocycles. The van der Waals surface area contributed by atoms with E-state index in [2.05, 4.69) is 26.1 Å². The second-order valence-electron chi connectivity index (χ2n) is 9.77. The van der Waals surface area contributed by atoms with Crippen LogP contribution >= 0.6 is 39.1 Å². The van der Waals surface area contributed by atoms with Gasteiger partial charge in [-0.05, 0) is 70.2 Å². The fraction of sp³-hybridized carbons (Fsp3) is 0.200. The summed E-state index contributed by atoms with van der Waals surface area (Å²) in [4.78, 5) is 28.4. The molecule has 0 aliphatic heterocycles. The third-order valence-corrected chi connectivity index (χ3v) is 7.78. The summed E-state index contributed by atoms with van der Waals surface area (Å²) in [5, 5.41) is 7.19. The van der Waals surface area contributed by atoms with Gasteiger partial charge in [0.05, 0.1) is 44.6 Å². The summed E-state index contributed by atoms with van der Waals surface area (Å²) in [6.45, 7) is 7.48. The van der Waals surface area contributed by atoms with Crippen molar-refractivity contribution in [3.8, 4) is 17.1 Å². The minimum absolute atomic E-state index is 0.139. The number of aromatic nitrogens is 4. The zero-order chi connectivity index (χ0) is 28.7. The van der Waals surface area contributed by atoms with E-state index in [9.17, 15) is 9.59 Å². The van der Waals surface area contributed by atoms with Crippen molar-refractivity contribution in [2.45, 2.75) is 39.7 Å². The Hall–Kier alpha value is -3.46. The zero-order valence-electron chi connectivity index (χ0n) is 22.3. The number of nitrogens with one attached hydrogen (secondary N) is 2. The number of nitrogens with zero attached hydrogens (tertiary/aromatic N) is 2. The first-order valence-electron chi connectivity index (χ1n) is 12.7. The van der Waals surface area contributed by atoms with Gasteiger partial charge in [-0.15, -0.1) is 0 Å². The van der Waals surface area contributed by atoms with Gasteiger partial charge in [0.15, 0.2) is 0 Å². The van der Waals surface area contributed by atoms with Crippen LogP contribution in [-0.2, 0) is 0 Å². The van der Waals surface area contributed by atoms with Crippen LogP contribution < -0.4 is 15.9 Å². The highest BCUT2D eigenvalue weighted by Crippen LogP contribution is 2.39. The molecule has 0 saturated heterocycles. The predicted molar refractivity (Wildman–Crippen MR) is 163 cm³/mol. The van der Waals surface area contributed by atoms with E-state index in [1.54, 1.807) is 36.4 Å². The van der Waals surface area contributed by atoms with Crippen LogP contribution in [0.25, 0.3) is 11.4 Å². The minimum atomic E-state index is -0.786. The quantitative estimate of drug-likeness (QED) is 0.196. The second kappa shape index (κ2) is 11.2. The van der Waals surface area contributed by atoms with Crippen molar-refractivity contribution in [1.82, 2.24) is 19.6 Å². The third-order valence-electron chi connectivity index (χ3n) is 6.64. The summed E-state index contributed by atoms with van der Waals surface area (Å²) < 4.78 is 9.81. The third kappa shape index (κ3) is 5.07. The van der Waals surface area contributed by atoms with Crippen molar-refractivity contribution in [2.75, 3.05) is 0 Å². The molecule has 5 rings (SSSR count). The number of hydrogen-bond donors (Lipinski definition) is 2. The first-order valence-corrected chi connectivity index (χ1v) is 14.2. The lowest BCUT2D eigenvalue weighted by atomic mass is 9.84. The molecule has 0 aliphatic rings. The Morgan fingerprint density at radius 3 is 1.70 bits per heavy atom. The standard InChI is InChI=1S/C30H27BrCl2N4O3/c1-16(2)40-25-14-13-19(31)15-20(25)28(26-17(3)34-36(29(26)38)23-11-7-5-9-21(23)32)27-18(4)35-37(30(27)39)24-12-8-6-10-22(24)33/h5-16,28,34-35H,1-4H3. The van der Waals surface area contributed by atoms with E-state index in [1.807, 2.05) is 58.0 Å². The van der Waals surface area contributed by atoms with E-state index in [0.29, 0.717) is 55.2 Å². The van der Waals surface area contributed by atoms with Crippen molar-refractivity contribution in [1.29, 1.82) is 0 Å². The number of aromatic amines is 2. The van der Waals surface area contributed by atoms with Gasteiger partial charge in [-0.1, -0.05) is 63.4 Å². The van der Waals surface area contributed by atoms with E-state index in [4.69, 9.17) is 27.9 Å². The number of halogens is 3.